The van der Waals surface area contributed by atoms with Gasteiger partial charge in [0.15, 0.2) is 0 Å². The van der Waals surface area contributed by atoms with Gasteiger partial charge in [0.1, 0.15) is 18.2 Å². The number of ether oxygens (including phenoxy) is 1. The molecule has 1 amide bonds. The maximum Gasteiger partial charge on any atom is 0.419 e. The molecule has 9 heteroatoms. The van der Waals surface area contributed by atoms with Crippen molar-refractivity contribution in [3.8, 4) is 5.75 Å². The molecule has 0 fully saturated rings. The summed E-state index contributed by atoms with van der Waals surface area (Å²) in [5, 5.41) is 11.7. The minimum absolute atomic E-state index is 0.0965. The number of halogens is 4. The number of rotatable bonds is 6. The Morgan fingerprint density at radius 1 is 1.15 bits per heavy atom. The molecule has 0 bridgehead atoms. The quantitative estimate of drug-likeness (QED) is 0.720. The Balaban J connectivity index is 2.20. The molecule has 0 saturated carbocycles. The Hall–Kier alpha value is -3.10. The smallest absolute Gasteiger partial charge is 0.419 e. The lowest BCUT2D eigenvalue weighted by Crippen LogP contribution is -2.13. The first kappa shape index (κ1) is 20.2. The van der Waals surface area contributed by atoms with Crippen molar-refractivity contribution >= 4 is 17.6 Å². The van der Waals surface area contributed by atoms with Gasteiger partial charge in [0.25, 0.3) is 0 Å². The molecule has 144 valence electrons. The third kappa shape index (κ3) is 5.19. The molecule has 5 nitrogen and oxygen atoms in total. The van der Waals surface area contributed by atoms with Gasteiger partial charge in [-0.05, 0) is 35.9 Å². The first-order valence-corrected chi connectivity index (χ1v) is 7.77. The number of aromatic carboxylic acids is 1. The molecular weight excluding hydrogens is 370 g/mol. The average molecular weight is 385 g/mol. The SMILES string of the molecule is CCC(=O)Nc1ccc(COc2ccc(F)c(C(F)(F)F)c2)cc1C(=O)O. The molecule has 2 aromatic carbocycles. The molecule has 2 N–H and O–H groups in total. The molecule has 27 heavy (non-hydrogen) atoms. The monoisotopic (exact) mass is 385 g/mol. The number of nitrogens with one attached hydrogen (secondary N) is 1. The summed E-state index contributed by atoms with van der Waals surface area (Å²) < 4.78 is 56.6. The number of alkyl halides is 3. The van der Waals surface area contributed by atoms with Crippen LogP contribution in [0.15, 0.2) is 36.4 Å². The van der Waals surface area contributed by atoms with Gasteiger partial charge in [-0.2, -0.15) is 13.2 Å². The van der Waals surface area contributed by atoms with E-state index >= 15 is 0 Å². The lowest BCUT2D eigenvalue weighted by molar-refractivity contribution is -0.140. The van der Waals surface area contributed by atoms with Crippen LogP contribution >= 0.6 is 0 Å². The Morgan fingerprint density at radius 2 is 1.85 bits per heavy atom. The summed E-state index contributed by atoms with van der Waals surface area (Å²) in [6.07, 6.45) is -4.70. The van der Waals surface area contributed by atoms with Crippen molar-refractivity contribution in [1.29, 1.82) is 0 Å². The molecule has 0 spiro atoms. The van der Waals surface area contributed by atoms with Crippen molar-refractivity contribution in [1.82, 2.24) is 0 Å². The second kappa shape index (κ2) is 8.07. The lowest BCUT2D eigenvalue weighted by Gasteiger charge is -2.13. The summed E-state index contributed by atoms with van der Waals surface area (Å²) in [5.41, 5.74) is -1.20. The van der Waals surface area contributed by atoms with E-state index < -0.39 is 23.5 Å². The van der Waals surface area contributed by atoms with Crippen LogP contribution in [0.3, 0.4) is 0 Å². The number of carboxylic acid groups (broad SMARTS) is 1. The molecule has 0 saturated heterocycles. The normalized spacial score (nSPS) is 11.1. The van der Waals surface area contributed by atoms with Gasteiger partial charge in [0.05, 0.1) is 16.8 Å². The Labute approximate surface area is 151 Å². The third-order valence-electron chi connectivity index (χ3n) is 3.56. The minimum atomic E-state index is -4.86. The van der Waals surface area contributed by atoms with Crippen molar-refractivity contribution < 1.29 is 37.0 Å². The van der Waals surface area contributed by atoms with Gasteiger partial charge in [-0.3, -0.25) is 4.79 Å². The summed E-state index contributed by atoms with van der Waals surface area (Å²) >= 11 is 0. The Morgan fingerprint density at radius 3 is 2.44 bits per heavy atom. The van der Waals surface area contributed by atoms with Gasteiger partial charge in [0, 0.05) is 6.42 Å². The van der Waals surface area contributed by atoms with Crippen LogP contribution in [0.1, 0.15) is 34.8 Å². The van der Waals surface area contributed by atoms with Gasteiger partial charge < -0.3 is 15.2 Å². The van der Waals surface area contributed by atoms with Gasteiger partial charge in [-0.25, -0.2) is 9.18 Å². The van der Waals surface area contributed by atoms with Crippen LogP contribution in [-0.2, 0) is 17.6 Å². The maximum absolute atomic E-state index is 13.3. The number of carboxylic acids is 1. The van der Waals surface area contributed by atoms with E-state index in [1.165, 1.54) is 18.2 Å². The van der Waals surface area contributed by atoms with Crippen molar-refractivity contribution in [2.45, 2.75) is 26.1 Å². The van der Waals surface area contributed by atoms with E-state index in [0.717, 1.165) is 6.07 Å². The summed E-state index contributed by atoms with van der Waals surface area (Å²) in [7, 11) is 0. The molecule has 0 heterocycles. The topological polar surface area (TPSA) is 75.6 Å². The largest absolute Gasteiger partial charge is 0.489 e. The van der Waals surface area contributed by atoms with Crippen LogP contribution in [0.25, 0.3) is 0 Å². The molecule has 2 rings (SSSR count). The Kier molecular flexibility index (Phi) is 6.04. The molecule has 0 radical (unpaired) electrons. The summed E-state index contributed by atoms with van der Waals surface area (Å²) in [6.45, 7) is 1.36. The molecule has 2 aromatic rings. The fraction of sp³-hybridized carbons (Fsp3) is 0.222. The molecule has 0 aliphatic carbocycles. The highest BCUT2D eigenvalue weighted by molar-refractivity contribution is 6.00. The van der Waals surface area contributed by atoms with Gasteiger partial charge in [-0.15, -0.1) is 0 Å². The van der Waals surface area contributed by atoms with Gasteiger partial charge in [0.2, 0.25) is 5.91 Å². The number of carbonyl (C=O) groups excluding carboxylic acids is 1. The number of carbonyl (C=O) groups is 2. The highest BCUT2D eigenvalue weighted by Gasteiger charge is 2.34. The average Bonchev–Trinajstić information content (AvgIpc) is 2.60. The molecular formula is C18H15F4NO4. The minimum Gasteiger partial charge on any atom is -0.489 e. The van der Waals surface area contributed by atoms with Crippen molar-refractivity contribution in [3.05, 3.63) is 58.9 Å². The summed E-state index contributed by atoms with van der Waals surface area (Å²) in [5.74, 6) is -3.29. The molecule has 0 atom stereocenters. The molecule has 0 aromatic heterocycles. The van der Waals surface area contributed by atoms with E-state index in [1.807, 2.05) is 0 Å². The van der Waals surface area contributed by atoms with E-state index in [0.29, 0.717) is 17.7 Å². The fourth-order valence-corrected chi connectivity index (χ4v) is 2.18. The predicted molar refractivity (Wildman–Crippen MR) is 88.1 cm³/mol. The first-order valence-electron chi connectivity index (χ1n) is 7.77. The second-order valence-electron chi connectivity index (χ2n) is 5.51. The van der Waals surface area contributed by atoms with Crippen molar-refractivity contribution in [2.75, 3.05) is 5.32 Å². The maximum atomic E-state index is 13.3. The van der Waals surface area contributed by atoms with Crippen LogP contribution in [0.2, 0.25) is 0 Å². The van der Waals surface area contributed by atoms with Crippen LogP contribution in [-0.4, -0.2) is 17.0 Å². The predicted octanol–water partition coefficient (Wildman–Crippen LogP) is 4.47. The van der Waals surface area contributed by atoms with Crippen molar-refractivity contribution in [2.24, 2.45) is 0 Å². The number of hydrogen-bond donors (Lipinski definition) is 2. The molecule has 0 aliphatic heterocycles. The van der Waals surface area contributed by atoms with E-state index in [9.17, 15) is 32.3 Å². The number of anilines is 1. The lowest BCUT2D eigenvalue weighted by atomic mass is 10.1. The highest BCUT2D eigenvalue weighted by Crippen LogP contribution is 2.33. The van der Waals surface area contributed by atoms with Gasteiger partial charge in [-0.1, -0.05) is 13.0 Å². The Bertz CT molecular complexity index is 865. The first-order chi connectivity index (χ1) is 12.6. The van der Waals surface area contributed by atoms with Crippen LogP contribution in [0, 0.1) is 5.82 Å². The zero-order chi connectivity index (χ0) is 20.2. The zero-order valence-corrected chi connectivity index (χ0v) is 14.1. The second-order valence-corrected chi connectivity index (χ2v) is 5.51. The van der Waals surface area contributed by atoms with Crippen LogP contribution < -0.4 is 10.1 Å². The van der Waals surface area contributed by atoms with Crippen LogP contribution in [0.5, 0.6) is 5.75 Å². The number of hydrogen-bond acceptors (Lipinski definition) is 3. The molecule has 0 aliphatic rings. The van der Waals surface area contributed by atoms with E-state index in [1.54, 1.807) is 6.92 Å². The van der Waals surface area contributed by atoms with Gasteiger partial charge >= 0.3 is 12.1 Å². The van der Waals surface area contributed by atoms with E-state index in [4.69, 9.17) is 4.74 Å². The summed E-state index contributed by atoms with van der Waals surface area (Å²) in [6, 6.07) is 6.28. The highest BCUT2D eigenvalue weighted by atomic mass is 19.4. The van der Waals surface area contributed by atoms with Crippen molar-refractivity contribution in [3.63, 3.8) is 0 Å². The fourth-order valence-electron chi connectivity index (χ4n) is 2.18. The summed E-state index contributed by atoms with van der Waals surface area (Å²) in [4.78, 5) is 22.8. The zero-order valence-electron chi connectivity index (χ0n) is 14.1. The molecule has 0 unspecified atom stereocenters. The third-order valence-corrected chi connectivity index (χ3v) is 3.56. The standard InChI is InChI=1S/C18H15F4NO4/c1-2-16(24)23-15-6-3-10(7-12(15)17(25)26)9-27-11-4-5-14(19)13(8-11)18(20,21)22/h3-8H,2,9H2,1H3,(H,23,24)(H,25,26). The van der Waals surface area contributed by atoms with E-state index in [2.05, 4.69) is 5.32 Å². The van der Waals surface area contributed by atoms with Crippen LogP contribution in [0.4, 0.5) is 23.2 Å². The number of amides is 1. The van der Waals surface area contributed by atoms with E-state index in [-0.39, 0.29) is 35.9 Å². The number of benzene rings is 2.